The van der Waals surface area contributed by atoms with Crippen LogP contribution < -0.4 is 4.90 Å². The number of thiophene rings is 2. The second-order valence-corrected chi connectivity index (χ2v) is 22.6. The van der Waals surface area contributed by atoms with E-state index in [4.69, 9.17) is 5.11 Å². The first-order valence-electron chi connectivity index (χ1n) is 16.6. The SMILES string of the molecule is C=C(/C=C/C=C1/N(CCCCCC(=O)O)c2cc(S(=O)(=O)O)c3sc(S(=O)(=O)O)cc3c2C1(C)C)C(C)(C)c1c(C)cc(S(=O)(=O)O)c2sc(S(=O)(=O)O)cc12. The Hall–Kier alpha value is -3.51. The second-order valence-electron chi connectivity index (χ2n) is 14.4. The normalized spacial score (nSPS) is 16.1. The number of aryl methyl sites for hydroxylation is 1. The molecule has 56 heavy (non-hydrogen) atoms. The molecule has 1 aliphatic rings. The summed E-state index contributed by atoms with van der Waals surface area (Å²) in [6.45, 7) is 13.3. The number of benzene rings is 2. The Morgan fingerprint density at radius 1 is 0.804 bits per heavy atom. The van der Waals surface area contributed by atoms with Crippen molar-refractivity contribution >= 4 is 95.0 Å². The molecule has 0 saturated carbocycles. The highest BCUT2D eigenvalue weighted by molar-refractivity contribution is 7.89. The smallest absolute Gasteiger partial charge is 0.304 e. The van der Waals surface area contributed by atoms with E-state index in [9.17, 15) is 56.7 Å². The lowest BCUT2D eigenvalue weighted by Crippen LogP contribution is -2.27. The summed E-state index contributed by atoms with van der Waals surface area (Å²) in [6.07, 6.45) is 6.34. The van der Waals surface area contributed by atoms with E-state index in [0.29, 0.717) is 75.6 Å². The van der Waals surface area contributed by atoms with Crippen molar-refractivity contribution in [3.05, 3.63) is 77.0 Å². The number of nitrogens with zero attached hydrogens (tertiary/aromatic N) is 1. The van der Waals surface area contributed by atoms with E-state index in [-0.39, 0.29) is 33.1 Å². The van der Waals surface area contributed by atoms with Gasteiger partial charge in [0.15, 0.2) is 0 Å². The maximum Gasteiger partial charge on any atom is 0.304 e. The number of aliphatic carboxylic acids is 1. The highest BCUT2D eigenvalue weighted by Crippen LogP contribution is 2.54. The summed E-state index contributed by atoms with van der Waals surface area (Å²) in [5, 5.41) is 9.45. The third-order valence-electron chi connectivity index (χ3n) is 9.83. The van der Waals surface area contributed by atoms with Crippen molar-refractivity contribution in [1.82, 2.24) is 0 Å². The van der Waals surface area contributed by atoms with Gasteiger partial charge in [-0.1, -0.05) is 52.8 Å². The Morgan fingerprint density at radius 3 is 1.84 bits per heavy atom. The number of anilines is 1. The molecule has 304 valence electrons. The number of carboxylic acids is 1. The molecular weight excluding hydrogens is 851 g/mol. The average molecular weight is 890 g/mol. The second kappa shape index (κ2) is 14.7. The van der Waals surface area contributed by atoms with Crippen LogP contribution in [0.2, 0.25) is 0 Å². The van der Waals surface area contributed by atoms with E-state index in [1.165, 1.54) is 12.1 Å². The minimum atomic E-state index is -4.90. The number of rotatable bonds is 14. The summed E-state index contributed by atoms with van der Waals surface area (Å²) in [5.41, 5.74) is 0.785. The van der Waals surface area contributed by atoms with Gasteiger partial charge in [0.05, 0.1) is 9.40 Å². The summed E-state index contributed by atoms with van der Waals surface area (Å²) < 4.78 is 137. The zero-order valence-corrected chi connectivity index (χ0v) is 35.5. The van der Waals surface area contributed by atoms with Gasteiger partial charge in [-0.05, 0) is 77.8 Å². The molecule has 2 aromatic heterocycles. The summed E-state index contributed by atoms with van der Waals surface area (Å²) in [5.74, 6) is -0.957. The topological polar surface area (TPSA) is 258 Å². The fourth-order valence-corrected chi connectivity index (χ4v) is 12.9. The number of carboxylic acid groups (broad SMARTS) is 1. The van der Waals surface area contributed by atoms with Crippen LogP contribution in [0.3, 0.4) is 0 Å². The van der Waals surface area contributed by atoms with Crippen molar-refractivity contribution in [3.63, 3.8) is 0 Å². The Labute approximate surface area is 332 Å². The van der Waals surface area contributed by atoms with Crippen molar-refractivity contribution in [1.29, 1.82) is 0 Å². The van der Waals surface area contributed by atoms with Crippen molar-refractivity contribution in [2.45, 2.75) is 89.3 Å². The minimum Gasteiger partial charge on any atom is -0.481 e. The van der Waals surface area contributed by atoms with E-state index in [2.05, 4.69) is 6.58 Å². The highest BCUT2D eigenvalue weighted by Gasteiger charge is 2.43. The zero-order chi connectivity index (χ0) is 42.1. The molecule has 5 rings (SSSR count). The fraction of sp³-hybridized carbons (Fsp3) is 0.343. The van der Waals surface area contributed by atoms with Crippen molar-refractivity contribution in [2.24, 2.45) is 0 Å². The van der Waals surface area contributed by atoms with Gasteiger partial charge in [0.25, 0.3) is 20.2 Å². The zero-order valence-electron chi connectivity index (χ0n) is 30.6. The number of hydrogen-bond donors (Lipinski definition) is 5. The minimum absolute atomic E-state index is 0.0565. The van der Waals surface area contributed by atoms with Gasteiger partial charge < -0.3 is 10.0 Å². The summed E-state index contributed by atoms with van der Waals surface area (Å²) in [4.78, 5) is 11.8. The molecule has 1 aliphatic heterocycles. The van der Waals surface area contributed by atoms with Crippen LogP contribution >= 0.6 is 22.7 Å². The first kappa shape index (κ1) is 43.6. The quantitative estimate of drug-likeness (QED) is 0.0479. The molecule has 4 aromatic rings. The third-order valence-corrected chi connectivity index (χ3v) is 16.8. The molecule has 0 radical (unpaired) electrons. The van der Waals surface area contributed by atoms with E-state index in [1.54, 1.807) is 43.9 Å². The van der Waals surface area contributed by atoms with Crippen LogP contribution in [-0.2, 0) is 56.1 Å². The first-order chi connectivity index (χ1) is 25.5. The van der Waals surface area contributed by atoms with E-state index < -0.39 is 75.5 Å². The molecule has 0 saturated heterocycles. The van der Waals surface area contributed by atoms with Crippen LogP contribution in [0.25, 0.3) is 20.2 Å². The lowest BCUT2D eigenvalue weighted by Gasteiger charge is -2.30. The molecule has 0 bridgehead atoms. The van der Waals surface area contributed by atoms with Crippen LogP contribution in [0.1, 0.15) is 70.1 Å². The number of hydrogen-bond acceptors (Lipinski definition) is 12. The molecule has 0 fully saturated rings. The van der Waals surface area contributed by atoms with Gasteiger partial charge in [-0.3, -0.25) is 23.0 Å². The molecule has 15 nitrogen and oxygen atoms in total. The van der Waals surface area contributed by atoms with Crippen LogP contribution in [-0.4, -0.2) is 69.5 Å². The molecule has 21 heteroatoms. The Balaban J connectivity index is 1.65. The average Bonchev–Trinajstić information content (AvgIpc) is 3.72. The molecule has 0 unspecified atom stereocenters. The maximum atomic E-state index is 12.7. The Morgan fingerprint density at radius 2 is 1.32 bits per heavy atom. The van der Waals surface area contributed by atoms with Gasteiger partial charge in [0.1, 0.15) is 18.2 Å². The van der Waals surface area contributed by atoms with Crippen LogP contribution in [0.15, 0.2) is 78.6 Å². The number of carbonyl (C=O) groups is 1. The van der Waals surface area contributed by atoms with Crippen LogP contribution in [0.4, 0.5) is 5.69 Å². The van der Waals surface area contributed by atoms with Crippen molar-refractivity contribution in [2.75, 3.05) is 11.4 Å². The van der Waals surface area contributed by atoms with Gasteiger partial charge in [-0.15, -0.1) is 22.7 Å². The molecular formula is C35H39NO14S6. The first-order valence-corrected chi connectivity index (χ1v) is 24.0. The van der Waals surface area contributed by atoms with Crippen molar-refractivity contribution in [3.8, 4) is 0 Å². The number of unbranched alkanes of at least 4 members (excludes halogenated alkanes) is 2. The van der Waals surface area contributed by atoms with Gasteiger partial charge in [0, 0.05) is 40.6 Å². The van der Waals surface area contributed by atoms with Crippen LogP contribution in [0.5, 0.6) is 0 Å². The lowest BCUT2D eigenvalue weighted by atomic mass is 9.75. The molecule has 5 N–H and O–H groups in total. The van der Waals surface area contributed by atoms with Crippen LogP contribution in [0, 0.1) is 6.92 Å². The molecule has 0 aliphatic carbocycles. The van der Waals surface area contributed by atoms with Gasteiger partial charge >= 0.3 is 26.2 Å². The van der Waals surface area contributed by atoms with Gasteiger partial charge in [-0.2, -0.15) is 33.7 Å². The Bertz CT molecular complexity index is 2840. The lowest BCUT2D eigenvalue weighted by molar-refractivity contribution is -0.137. The number of allylic oxidation sites excluding steroid dienone is 5. The highest BCUT2D eigenvalue weighted by atomic mass is 32.3. The van der Waals surface area contributed by atoms with E-state index in [1.807, 2.05) is 13.8 Å². The van der Waals surface area contributed by atoms with Gasteiger partial charge in [-0.25, -0.2) is 0 Å². The molecule has 2 aromatic carbocycles. The maximum absolute atomic E-state index is 12.7. The van der Waals surface area contributed by atoms with E-state index in [0.717, 1.165) is 12.1 Å². The molecule has 0 amide bonds. The summed E-state index contributed by atoms with van der Waals surface area (Å²) >= 11 is 0.978. The predicted molar refractivity (Wildman–Crippen MR) is 214 cm³/mol. The standard InChI is InChI=1S/C35H39NO14S6/c1-19-15-24(53(39,40)41)32-21(16-28(51-32)55(45,46)47)30(19)34(3,4)20(2)11-10-12-26-35(5,6)31-22-17-29(56(48,49)50)52-33(22)25(54(42,43)44)18-23(31)36(26)14-9-7-8-13-27(37)38/h10-12,15-18H,2,7-9,13-14H2,1,3-6H3,(H,37,38)(H,39,40,41)(H,42,43,44)(H,45,46,47)(H,48,49,50)/b11-10+,26-12+. The molecule has 0 atom stereocenters. The van der Waals surface area contributed by atoms with Gasteiger partial charge in [0.2, 0.25) is 0 Å². The summed E-state index contributed by atoms with van der Waals surface area (Å²) in [6, 6.07) is 4.76. The predicted octanol–water partition coefficient (Wildman–Crippen LogP) is 7.13. The van der Waals surface area contributed by atoms with Crippen molar-refractivity contribution < 1.29 is 61.8 Å². The monoisotopic (exact) mass is 889 g/mol. The number of fused-ring (bicyclic) bond motifs is 4. The molecule has 3 heterocycles. The third kappa shape index (κ3) is 8.24. The van der Waals surface area contributed by atoms with E-state index >= 15 is 0 Å². The molecule has 0 spiro atoms. The Kier molecular flexibility index (Phi) is 11.4. The summed E-state index contributed by atoms with van der Waals surface area (Å²) in [7, 11) is -19.2. The fourth-order valence-electron chi connectivity index (χ4n) is 7.24. The largest absolute Gasteiger partial charge is 0.481 e.